The summed E-state index contributed by atoms with van der Waals surface area (Å²) in [6, 6.07) is 7.26. The first kappa shape index (κ1) is 12.0. The molecule has 0 amide bonds. The van der Waals surface area contributed by atoms with Gasteiger partial charge in [-0.05, 0) is 30.4 Å². The molecule has 0 saturated heterocycles. The smallest absolute Gasteiger partial charge is 0.235 e. The summed E-state index contributed by atoms with van der Waals surface area (Å²) in [4.78, 5) is 14.4. The molecule has 90 valence electrons. The average molecular weight is 233 g/mol. The number of hydrogen-bond donors (Lipinski definition) is 2. The molecule has 0 spiro atoms. The third kappa shape index (κ3) is 2.15. The van der Waals surface area contributed by atoms with Crippen LogP contribution in [0.2, 0.25) is 0 Å². The highest BCUT2D eigenvalue weighted by atomic mass is 16.3. The fourth-order valence-corrected chi connectivity index (χ4v) is 2.20. The largest absolute Gasteiger partial charge is 0.393 e. The first-order chi connectivity index (χ1) is 8.22. The molecule has 1 aliphatic carbocycles. The van der Waals surface area contributed by atoms with Crippen LogP contribution >= 0.6 is 0 Å². The lowest BCUT2D eigenvalue weighted by molar-refractivity contribution is 0.0953. The van der Waals surface area contributed by atoms with E-state index in [2.05, 4.69) is 4.99 Å². The van der Waals surface area contributed by atoms with Crippen molar-refractivity contribution in [2.24, 2.45) is 4.99 Å². The summed E-state index contributed by atoms with van der Waals surface area (Å²) in [6.07, 6.45) is 3.46. The van der Waals surface area contributed by atoms with Crippen LogP contribution in [0.25, 0.3) is 0 Å². The number of hydrogen-bond acceptors (Lipinski definition) is 4. The Labute approximate surface area is 99.6 Å². The van der Waals surface area contributed by atoms with E-state index < -0.39 is 11.6 Å². The van der Waals surface area contributed by atoms with Gasteiger partial charge in [0.15, 0.2) is 0 Å². The van der Waals surface area contributed by atoms with Crippen molar-refractivity contribution in [3.8, 4) is 0 Å². The summed E-state index contributed by atoms with van der Waals surface area (Å²) in [5.74, 6) is 0. The number of carbonyl (C=O) groups excluding carboxylic acids is 1. The normalized spacial score (nSPS) is 18.9. The maximum atomic E-state index is 10.5. The third-order valence-corrected chi connectivity index (χ3v) is 3.42. The highest BCUT2D eigenvalue weighted by Crippen LogP contribution is 2.45. The molecule has 1 aromatic carbocycles. The van der Waals surface area contributed by atoms with Crippen LogP contribution in [0.4, 0.5) is 0 Å². The summed E-state index contributed by atoms with van der Waals surface area (Å²) in [6.45, 7) is -0.312. The zero-order valence-corrected chi connectivity index (χ0v) is 9.47. The van der Waals surface area contributed by atoms with Crippen molar-refractivity contribution >= 4 is 6.08 Å². The monoisotopic (exact) mass is 233 g/mol. The van der Waals surface area contributed by atoms with Crippen molar-refractivity contribution in [1.82, 2.24) is 0 Å². The molecule has 2 rings (SSSR count). The number of aliphatic hydroxyl groups is 2. The van der Waals surface area contributed by atoms with Crippen LogP contribution in [0.15, 0.2) is 29.3 Å². The third-order valence-electron chi connectivity index (χ3n) is 3.42. The van der Waals surface area contributed by atoms with Crippen molar-refractivity contribution < 1.29 is 15.0 Å². The maximum absolute atomic E-state index is 10.5. The first-order valence-corrected chi connectivity index (χ1v) is 5.70. The van der Waals surface area contributed by atoms with Crippen LogP contribution in [0.3, 0.4) is 0 Å². The minimum absolute atomic E-state index is 0.312. The van der Waals surface area contributed by atoms with Crippen molar-refractivity contribution in [1.29, 1.82) is 0 Å². The summed E-state index contributed by atoms with van der Waals surface area (Å²) in [5.41, 5.74) is 1.11. The molecule has 1 fully saturated rings. The minimum Gasteiger partial charge on any atom is -0.393 e. The van der Waals surface area contributed by atoms with Crippen LogP contribution < -0.4 is 0 Å². The van der Waals surface area contributed by atoms with E-state index in [4.69, 9.17) is 5.11 Å². The van der Waals surface area contributed by atoms with E-state index >= 15 is 0 Å². The zero-order valence-electron chi connectivity index (χ0n) is 9.47. The van der Waals surface area contributed by atoms with Gasteiger partial charge in [0.05, 0.1) is 12.1 Å². The average Bonchev–Trinajstić information content (AvgIpc) is 2.33. The molecule has 4 nitrogen and oxygen atoms in total. The summed E-state index contributed by atoms with van der Waals surface area (Å²) < 4.78 is 0. The van der Waals surface area contributed by atoms with Crippen molar-refractivity contribution in [2.45, 2.75) is 30.9 Å². The van der Waals surface area contributed by atoms with E-state index in [1.807, 2.05) is 12.1 Å². The SMILES string of the molecule is O=C=NC1(c2cccc(C(O)CO)c2)CCC1. The van der Waals surface area contributed by atoms with Gasteiger partial charge in [-0.25, -0.2) is 4.79 Å². The second kappa shape index (κ2) is 4.80. The lowest BCUT2D eigenvalue weighted by Crippen LogP contribution is -2.32. The Morgan fingerprint density at radius 3 is 2.76 bits per heavy atom. The van der Waals surface area contributed by atoms with Gasteiger partial charge in [0.25, 0.3) is 0 Å². The van der Waals surface area contributed by atoms with Gasteiger partial charge in [-0.15, -0.1) is 0 Å². The Hall–Kier alpha value is -1.48. The Kier molecular flexibility index (Phi) is 3.38. The second-order valence-electron chi connectivity index (χ2n) is 4.41. The van der Waals surface area contributed by atoms with Crippen LogP contribution in [0.1, 0.15) is 36.5 Å². The predicted octanol–water partition coefficient (Wildman–Crippen LogP) is 1.43. The topological polar surface area (TPSA) is 69.9 Å². The van der Waals surface area contributed by atoms with Crippen molar-refractivity contribution in [2.75, 3.05) is 6.61 Å². The fraction of sp³-hybridized carbons (Fsp3) is 0.462. The molecule has 0 bridgehead atoms. The minimum atomic E-state index is -0.882. The molecule has 0 aromatic heterocycles. The van der Waals surface area contributed by atoms with E-state index in [-0.39, 0.29) is 6.61 Å². The molecule has 1 unspecified atom stereocenters. The highest BCUT2D eigenvalue weighted by Gasteiger charge is 2.38. The van der Waals surface area contributed by atoms with Gasteiger partial charge >= 0.3 is 0 Å². The molecule has 2 N–H and O–H groups in total. The van der Waals surface area contributed by atoms with Crippen LogP contribution in [-0.4, -0.2) is 22.9 Å². The van der Waals surface area contributed by atoms with E-state index in [9.17, 15) is 9.90 Å². The molecule has 17 heavy (non-hydrogen) atoms. The standard InChI is InChI=1S/C13H15NO3/c15-8-12(17)10-3-1-4-11(7-10)13(14-9-16)5-2-6-13/h1,3-4,7,12,15,17H,2,5-6,8H2. The summed E-state index contributed by atoms with van der Waals surface area (Å²) in [5, 5.41) is 18.5. The lowest BCUT2D eigenvalue weighted by Gasteiger charge is -2.37. The van der Waals surface area contributed by atoms with Gasteiger partial charge in [0.1, 0.15) is 6.10 Å². The summed E-state index contributed by atoms with van der Waals surface area (Å²) in [7, 11) is 0. The zero-order chi connectivity index (χ0) is 12.3. The van der Waals surface area contributed by atoms with Gasteiger partial charge in [-0.3, -0.25) is 0 Å². The van der Waals surface area contributed by atoms with E-state index in [1.165, 1.54) is 0 Å². The fourth-order valence-electron chi connectivity index (χ4n) is 2.20. The number of aliphatic imine (C=N–C) groups is 1. The lowest BCUT2D eigenvalue weighted by atomic mass is 9.72. The Morgan fingerprint density at radius 2 is 2.24 bits per heavy atom. The van der Waals surface area contributed by atoms with E-state index in [0.29, 0.717) is 5.56 Å². The van der Waals surface area contributed by atoms with Crippen LogP contribution in [-0.2, 0) is 10.3 Å². The second-order valence-corrected chi connectivity index (χ2v) is 4.41. The van der Waals surface area contributed by atoms with Gasteiger partial charge in [0, 0.05) is 0 Å². The quantitative estimate of drug-likeness (QED) is 0.610. The van der Waals surface area contributed by atoms with Gasteiger partial charge < -0.3 is 10.2 Å². The Bertz CT molecular complexity index is 448. The molecular weight excluding hydrogens is 218 g/mol. The maximum Gasteiger partial charge on any atom is 0.235 e. The molecule has 0 aliphatic heterocycles. The summed E-state index contributed by atoms with van der Waals surface area (Å²) >= 11 is 0. The molecular formula is C13H15NO3. The molecule has 4 heteroatoms. The van der Waals surface area contributed by atoms with Crippen molar-refractivity contribution in [3.63, 3.8) is 0 Å². The number of benzene rings is 1. The van der Waals surface area contributed by atoms with E-state index in [0.717, 1.165) is 24.8 Å². The van der Waals surface area contributed by atoms with Gasteiger partial charge in [-0.1, -0.05) is 24.3 Å². The highest BCUT2D eigenvalue weighted by molar-refractivity contribution is 5.40. The number of isocyanates is 1. The van der Waals surface area contributed by atoms with Crippen molar-refractivity contribution in [3.05, 3.63) is 35.4 Å². The number of rotatable bonds is 4. The number of aliphatic hydroxyl groups excluding tert-OH is 2. The van der Waals surface area contributed by atoms with Gasteiger partial charge in [-0.2, -0.15) is 4.99 Å². The first-order valence-electron chi connectivity index (χ1n) is 5.70. The predicted molar refractivity (Wildman–Crippen MR) is 62.1 cm³/mol. The van der Waals surface area contributed by atoms with E-state index in [1.54, 1.807) is 18.2 Å². The molecule has 1 aromatic rings. The molecule has 1 saturated carbocycles. The Balaban J connectivity index is 2.35. The molecule has 0 heterocycles. The van der Waals surface area contributed by atoms with Crippen LogP contribution in [0.5, 0.6) is 0 Å². The van der Waals surface area contributed by atoms with Crippen LogP contribution in [0, 0.1) is 0 Å². The molecule has 1 atom stereocenters. The number of nitrogens with zero attached hydrogens (tertiary/aromatic N) is 1. The molecule has 1 aliphatic rings. The van der Waals surface area contributed by atoms with Gasteiger partial charge in [0.2, 0.25) is 6.08 Å². The Morgan fingerprint density at radius 1 is 1.47 bits per heavy atom. The molecule has 0 radical (unpaired) electrons.